The Labute approximate surface area is 95.3 Å². The zero-order valence-corrected chi connectivity index (χ0v) is 13.8. The van der Waals surface area contributed by atoms with Gasteiger partial charge in [0.25, 0.3) is 0 Å². The summed E-state index contributed by atoms with van der Waals surface area (Å²) in [5.41, 5.74) is 0. The van der Waals surface area contributed by atoms with E-state index in [4.69, 9.17) is 0 Å². The van der Waals surface area contributed by atoms with Crippen LogP contribution in [-0.2, 0) is 0 Å². The van der Waals surface area contributed by atoms with Gasteiger partial charge in [0.05, 0.1) is 0 Å². The van der Waals surface area contributed by atoms with Gasteiger partial charge < -0.3 is 0 Å². The third-order valence-electron chi connectivity index (χ3n) is 2.22. The predicted molar refractivity (Wildman–Crippen MR) is 69.0 cm³/mol. The maximum absolute atomic E-state index is 2.56. The summed E-state index contributed by atoms with van der Waals surface area (Å²) in [5, 5.41) is 0. The van der Waals surface area contributed by atoms with Crippen LogP contribution in [0.5, 0.6) is 0 Å². The summed E-state index contributed by atoms with van der Waals surface area (Å²) in [6, 6.07) is 0.719. The van der Waals surface area contributed by atoms with E-state index in [2.05, 4.69) is 57.1 Å². The molecule has 78 valence electrons. The van der Waals surface area contributed by atoms with Crippen LogP contribution in [0.2, 0.25) is 14.8 Å². The van der Waals surface area contributed by atoms with Crippen molar-refractivity contribution in [1.29, 1.82) is 0 Å². The van der Waals surface area contributed by atoms with Crippen LogP contribution in [0.3, 0.4) is 0 Å². The van der Waals surface area contributed by atoms with E-state index in [1.165, 1.54) is 11.8 Å². The molecule has 0 N–H and O–H groups in total. The topological polar surface area (TPSA) is 3.24 Å². The van der Waals surface area contributed by atoms with Crippen LogP contribution < -0.4 is 0 Å². The molecule has 0 aromatic carbocycles. The molecule has 0 aliphatic carbocycles. The van der Waals surface area contributed by atoms with E-state index in [0.717, 1.165) is 8.64 Å². The Morgan fingerprint density at radius 1 is 1.15 bits per heavy atom. The molecule has 0 amide bonds. The molecule has 0 atom stereocenters. The van der Waals surface area contributed by atoms with E-state index in [1.807, 2.05) is 0 Å². The molecule has 0 aromatic heterocycles. The Morgan fingerprint density at radius 3 is 1.92 bits per heavy atom. The first-order valence-corrected chi connectivity index (χ1v) is 17.2. The average molecular weight is 326 g/mol. The average Bonchev–Trinajstić information content (AvgIpc) is 2.03. The van der Waals surface area contributed by atoms with Crippen LogP contribution in [0.25, 0.3) is 0 Å². The van der Waals surface area contributed by atoms with E-state index in [0.29, 0.717) is 0 Å². The van der Waals surface area contributed by atoms with Gasteiger partial charge in [-0.3, -0.25) is 0 Å². The maximum atomic E-state index is 2.56. The van der Waals surface area contributed by atoms with Crippen molar-refractivity contribution in [3.05, 3.63) is 0 Å². The van der Waals surface area contributed by atoms with Crippen LogP contribution in [0, 0.1) is 0 Å². The fraction of sp³-hybridized carbons (Fsp3) is 1.00. The molecule has 1 fully saturated rings. The molecule has 0 spiro atoms. The van der Waals surface area contributed by atoms with Crippen LogP contribution >= 0.6 is 23.5 Å². The zero-order valence-electron chi connectivity index (χ0n) is 9.33. The van der Waals surface area contributed by atoms with Crippen molar-refractivity contribution in [2.45, 2.75) is 37.3 Å². The molecular formula is C9H21NS2Sn. The molecule has 0 bridgehead atoms. The first-order valence-electron chi connectivity index (χ1n) is 4.88. The number of hydrogen-bond donors (Lipinski definition) is 0. The first kappa shape index (κ1) is 12.5. The van der Waals surface area contributed by atoms with Gasteiger partial charge in [0.1, 0.15) is 0 Å². The number of thioether (sulfide) groups is 2. The summed E-state index contributed by atoms with van der Waals surface area (Å²) in [5.74, 6) is 2.51. The van der Waals surface area contributed by atoms with E-state index < -0.39 is 18.4 Å². The van der Waals surface area contributed by atoms with Gasteiger partial charge in [0, 0.05) is 0 Å². The van der Waals surface area contributed by atoms with Crippen molar-refractivity contribution < 1.29 is 0 Å². The summed E-state index contributed by atoms with van der Waals surface area (Å²) < 4.78 is 0.976. The summed E-state index contributed by atoms with van der Waals surface area (Å²) >= 11 is 2.76. The van der Waals surface area contributed by atoms with Gasteiger partial charge in [-0.25, -0.2) is 0 Å². The summed E-state index contributed by atoms with van der Waals surface area (Å²) in [4.78, 5) is 10.2. The summed E-state index contributed by atoms with van der Waals surface area (Å²) in [7, 11) is 0. The number of hydrogen-bond acceptors (Lipinski definition) is 3. The van der Waals surface area contributed by atoms with Crippen molar-refractivity contribution in [1.82, 2.24) is 4.90 Å². The second-order valence-electron chi connectivity index (χ2n) is 4.97. The molecule has 0 unspecified atom stereocenters. The van der Waals surface area contributed by atoms with Gasteiger partial charge >= 0.3 is 95.9 Å². The van der Waals surface area contributed by atoms with Gasteiger partial charge in [-0.2, -0.15) is 0 Å². The van der Waals surface area contributed by atoms with E-state index in [1.54, 1.807) is 0 Å². The van der Waals surface area contributed by atoms with Gasteiger partial charge in [-0.1, -0.05) is 0 Å². The first-order chi connectivity index (χ1) is 5.91. The third kappa shape index (κ3) is 3.84. The molecule has 1 aliphatic heterocycles. The predicted octanol–water partition coefficient (Wildman–Crippen LogP) is 3.30. The normalized spacial score (nSPS) is 22.6. The minimum absolute atomic E-state index is 0.719. The van der Waals surface area contributed by atoms with Gasteiger partial charge in [0.15, 0.2) is 0 Å². The van der Waals surface area contributed by atoms with Crippen molar-refractivity contribution in [3.63, 3.8) is 0 Å². The molecule has 1 saturated heterocycles. The third-order valence-corrected chi connectivity index (χ3v) is 21.0. The van der Waals surface area contributed by atoms with E-state index in [-0.39, 0.29) is 0 Å². The Morgan fingerprint density at radius 2 is 1.62 bits per heavy atom. The summed E-state index contributed by atoms with van der Waals surface area (Å²) in [6.45, 7) is 4.59. The molecule has 1 nitrogen and oxygen atoms in total. The van der Waals surface area contributed by atoms with Gasteiger partial charge in [0.2, 0.25) is 0 Å². The quantitative estimate of drug-likeness (QED) is 0.717. The fourth-order valence-corrected chi connectivity index (χ4v) is 14.3. The molecule has 1 heterocycles. The Bertz CT molecular complexity index is 159. The molecule has 1 aliphatic rings. The molecule has 4 heteroatoms. The van der Waals surface area contributed by atoms with Gasteiger partial charge in [-0.05, 0) is 0 Å². The van der Waals surface area contributed by atoms with Gasteiger partial charge in [-0.15, -0.1) is 0 Å². The minimum atomic E-state index is -1.62. The Kier molecular flexibility index (Phi) is 4.81. The zero-order chi connectivity index (χ0) is 10.1. The van der Waals surface area contributed by atoms with Crippen LogP contribution in [0.1, 0.15) is 13.8 Å². The van der Waals surface area contributed by atoms with Crippen molar-refractivity contribution in [2.75, 3.05) is 11.8 Å². The Balaban J connectivity index is 2.39. The van der Waals surface area contributed by atoms with Crippen LogP contribution in [-0.4, -0.2) is 43.7 Å². The molecule has 1 rings (SSSR count). The monoisotopic (exact) mass is 327 g/mol. The molecule has 13 heavy (non-hydrogen) atoms. The van der Waals surface area contributed by atoms with Crippen molar-refractivity contribution in [3.8, 4) is 0 Å². The Hall–Kier alpha value is 1.46. The number of nitrogens with zero attached hydrogens (tertiary/aromatic N) is 1. The molecular weight excluding hydrogens is 305 g/mol. The standard InChI is InChI=1S/C6H12NS2.3CH3.Sn/c1-6(2)7-3-8-5-9-4-7;;;;/h5-6H,3-4H2,1-2H3;3*1H3;. The van der Waals surface area contributed by atoms with Crippen molar-refractivity contribution in [2.24, 2.45) is 0 Å². The van der Waals surface area contributed by atoms with Crippen LogP contribution in [0.4, 0.5) is 0 Å². The van der Waals surface area contributed by atoms with Crippen molar-refractivity contribution >= 4 is 41.9 Å². The van der Waals surface area contributed by atoms with E-state index >= 15 is 0 Å². The second kappa shape index (κ2) is 4.99. The summed E-state index contributed by atoms with van der Waals surface area (Å²) in [6.07, 6.45) is 0. The fourth-order valence-electron chi connectivity index (χ4n) is 1.21. The van der Waals surface area contributed by atoms with Crippen LogP contribution in [0.15, 0.2) is 0 Å². The second-order valence-corrected chi connectivity index (χ2v) is 24.9. The number of rotatable bonds is 2. The molecule has 0 radical (unpaired) electrons. The molecule has 0 aromatic rings. The molecule has 0 saturated carbocycles. The van der Waals surface area contributed by atoms with E-state index in [9.17, 15) is 0 Å². The SMILES string of the molecule is CC(C)N1CS[CH]([Sn]([CH3])([CH3])[CH3])SC1.